The molecule has 0 saturated carbocycles. The zero-order valence-corrected chi connectivity index (χ0v) is 14.1. The van der Waals surface area contributed by atoms with Crippen molar-refractivity contribution in [2.24, 2.45) is 0 Å². The predicted octanol–water partition coefficient (Wildman–Crippen LogP) is 3.39. The summed E-state index contributed by atoms with van der Waals surface area (Å²) in [6.07, 6.45) is 1.21. The summed E-state index contributed by atoms with van der Waals surface area (Å²) in [5, 5.41) is 14.3. The fourth-order valence-electron chi connectivity index (χ4n) is 1.85. The van der Waals surface area contributed by atoms with E-state index in [4.69, 9.17) is 9.47 Å². The van der Waals surface area contributed by atoms with Gasteiger partial charge in [-0.1, -0.05) is 15.9 Å². The monoisotopic (exact) mass is 382 g/mol. The van der Waals surface area contributed by atoms with Crippen molar-refractivity contribution in [1.29, 1.82) is 0 Å². The Morgan fingerprint density at radius 3 is 2.65 bits per heavy atom. The molecule has 0 bridgehead atoms. The molecule has 0 aliphatic heterocycles. The van der Waals surface area contributed by atoms with Crippen LogP contribution < -0.4 is 10.1 Å². The van der Waals surface area contributed by atoms with Gasteiger partial charge in [0.15, 0.2) is 0 Å². The topological polar surface area (TPSA) is 99.4 Å². The maximum absolute atomic E-state index is 11.4. The van der Waals surface area contributed by atoms with Crippen LogP contribution in [0.15, 0.2) is 35.1 Å². The first-order valence-electron chi connectivity index (χ1n) is 6.69. The lowest BCUT2D eigenvalue weighted by molar-refractivity contribution is -0.385. The highest BCUT2D eigenvalue weighted by atomic mass is 79.9. The second kappa shape index (κ2) is 7.84. The molecule has 0 amide bonds. The van der Waals surface area contributed by atoms with Gasteiger partial charge >= 0.3 is 11.6 Å². The molecule has 1 aromatic heterocycles. The number of hydrogen-bond acceptors (Lipinski definition) is 7. The molecule has 8 nitrogen and oxygen atoms in total. The molecule has 1 N–H and O–H groups in total. The highest BCUT2D eigenvalue weighted by molar-refractivity contribution is 9.10. The zero-order valence-electron chi connectivity index (χ0n) is 12.5. The number of rotatable bonds is 7. The van der Waals surface area contributed by atoms with Crippen molar-refractivity contribution in [1.82, 2.24) is 9.97 Å². The summed E-state index contributed by atoms with van der Waals surface area (Å²) in [6, 6.07) is 6.73. The molecular weight excluding hydrogens is 368 g/mol. The van der Waals surface area contributed by atoms with E-state index in [-0.39, 0.29) is 23.4 Å². The van der Waals surface area contributed by atoms with Gasteiger partial charge in [0.05, 0.1) is 11.5 Å². The van der Waals surface area contributed by atoms with Crippen LogP contribution in [0.3, 0.4) is 0 Å². The van der Waals surface area contributed by atoms with Crippen LogP contribution in [0.5, 0.6) is 11.6 Å². The van der Waals surface area contributed by atoms with Gasteiger partial charge in [0, 0.05) is 17.6 Å². The minimum Gasteiger partial charge on any atom is -0.434 e. The number of nitrogens with zero attached hydrogens (tertiary/aromatic N) is 3. The Labute approximate surface area is 141 Å². The molecule has 0 aliphatic rings. The lowest BCUT2D eigenvalue weighted by Gasteiger charge is -2.14. The number of benzene rings is 1. The van der Waals surface area contributed by atoms with E-state index in [0.717, 1.165) is 4.47 Å². The van der Waals surface area contributed by atoms with Crippen molar-refractivity contribution in [2.45, 2.75) is 13.0 Å². The number of aromatic nitrogens is 2. The van der Waals surface area contributed by atoms with Crippen LogP contribution in [-0.2, 0) is 4.74 Å². The van der Waals surface area contributed by atoms with Crippen LogP contribution in [0.2, 0.25) is 0 Å². The molecule has 1 unspecified atom stereocenters. The Bertz CT molecular complexity index is 681. The Kier molecular flexibility index (Phi) is 5.83. The fourth-order valence-corrected chi connectivity index (χ4v) is 2.11. The molecule has 23 heavy (non-hydrogen) atoms. The first kappa shape index (κ1) is 17.1. The van der Waals surface area contributed by atoms with E-state index in [1.165, 1.54) is 6.33 Å². The minimum absolute atomic E-state index is 0.0849. The van der Waals surface area contributed by atoms with Gasteiger partial charge in [-0.25, -0.2) is 4.98 Å². The van der Waals surface area contributed by atoms with Crippen molar-refractivity contribution < 1.29 is 14.4 Å². The number of hydrogen-bond donors (Lipinski definition) is 1. The third kappa shape index (κ3) is 4.60. The van der Waals surface area contributed by atoms with E-state index in [1.807, 2.05) is 6.92 Å². The summed E-state index contributed by atoms with van der Waals surface area (Å²) < 4.78 is 11.4. The van der Waals surface area contributed by atoms with Gasteiger partial charge in [-0.15, -0.1) is 0 Å². The maximum Gasteiger partial charge on any atom is 0.373 e. The van der Waals surface area contributed by atoms with Gasteiger partial charge in [0.2, 0.25) is 5.82 Å². The number of halogens is 1. The maximum atomic E-state index is 11.4. The molecule has 0 spiro atoms. The average Bonchev–Trinajstić information content (AvgIpc) is 2.49. The van der Waals surface area contributed by atoms with Crippen molar-refractivity contribution in [2.75, 3.05) is 19.0 Å². The van der Waals surface area contributed by atoms with E-state index in [1.54, 1.807) is 31.4 Å². The van der Waals surface area contributed by atoms with Crippen LogP contribution >= 0.6 is 15.9 Å². The number of ether oxygens (including phenoxy) is 2. The molecule has 0 aliphatic carbocycles. The summed E-state index contributed by atoms with van der Waals surface area (Å²) in [7, 11) is 1.55. The van der Waals surface area contributed by atoms with Crippen LogP contribution in [0, 0.1) is 10.1 Å². The van der Waals surface area contributed by atoms with Crippen LogP contribution in [-0.4, -0.2) is 34.6 Å². The van der Waals surface area contributed by atoms with Gasteiger partial charge in [-0.2, -0.15) is 4.98 Å². The Hall–Kier alpha value is -2.26. The second-order valence-electron chi connectivity index (χ2n) is 4.69. The largest absolute Gasteiger partial charge is 0.434 e. The van der Waals surface area contributed by atoms with E-state index in [2.05, 4.69) is 31.2 Å². The minimum atomic E-state index is -0.573. The quantitative estimate of drug-likeness (QED) is 0.578. The number of nitrogens with one attached hydrogen (secondary N) is 1. The van der Waals surface area contributed by atoms with Crippen molar-refractivity contribution >= 4 is 27.4 Å². The van der Waals surface area contributed by atoms with Gasteiger partial charge in [-0.3, -0.25) is 10.1 Å². The van der Waals surface area contributed by atoms with E-state index in [9.17, 15) is 10.1 Å². The SMILES string of the molecule is COCC(C)Nc1ncnc(Oc2ccc(Br)cc2)c1[N+](=O)[O-]. The third-order valence-corrected chi connectivity index (χ3v) is 3.33. The van der Waals surface area contributed by atoms with Gasteiger partial charge in [-0.05, 0) is 31.2 Å². The number of methoxy groups -OCH3 is 1. The second-order valence-corrected chi connectivity index (χ2v) is 5.61. The fraction of sp³-hybridized carbons (Fsp3) is 0.286. The first-order chi connectivity index (χ1) is 11.0. The number of anilines is 1. The normalized spacial score (nSPS) is 11.8. The van der Waals surface area contributed by atoms with Crippen LogP contribution in [0.25, 0.3) is 0 Å². The molecule has 1 aromatic carbocycles. The first-order valence-corrected chi connectivity index (χ1v) is 7.49. The predicted molar refractivity (Wildman–Crippen MR) is 87.9 cm³/mol. The lowest BCUT2D eigenvalue weighted by Crippen LogP contribution is -2.22. The molecule has 2 aromatic rings. The number of nitro groups is 1. The Morgan fingerprint density at radius 1 is 1.35 bits per heavy atom. The molecule has 0 saturated heterocycles. The summed E-state index contributed by atoms with van der Waals surface area (Å²) in [5.74, 6) is 0.395. The smallest absolute Gasteiger partial charge is 0.373 e. The standard InChI is InChI=1S/C14H15BrN4O4/c1-9(7-22-2)18-13-12(19(20)21)14(17-8-16-13)23-11-5-3-10(15)4-6-11/h3-6,8-9H,7H2,1-2H3,(H,16,17,18). The van der Waals surface area contributed by atoms with Crippen molar-refractivity contribution in [3.8, 4) is 11.6 Å². The van der Waals surface area contributed by atoms with Gasteiger partial charge in [0.25, 0.3) is 0 Å². The Morgan fingerprint density at radius 2 is 2.04 bits per heavy atom. The molecule has 122 valence electrons. The highest BCUT2D eigenvalue weighted by Crippen LogP contribution is 2.34. The molecular formula is C14H15BrN4O4. The van der Waals surface area contributed by atoms with Crippen LogP contribution in [0.1, 0.15) is 6.92 Å². The summed E-state index contributed by atoms with van der Waals surface area (Å²) in [4.78, 5) is 18.6. The van der Waals surface area contributed by atoms with Gasteiger partial charge < -0.3 is 14.8 Å². The molecule has 2 rings (SSSR count). The summed E-state index contributed by atoms with van der Waals surface area (Å²) in [6.45, 7) is 2.20. The lowest BCUT2D eigenvalue weighted by atomic mass is 10.3. The van der Waals surface area contributed by atoms with E-state index >= 15 is 0 Å². The average molecular weight is 383 g/mol. The molecule has 1 atom stereocenters. The molecule has 1 heterocycles. The van der Waals surface area contributed by atoms with E-state index < -0.39 is 4.92 Å². The Balaban J connectivity index is 2.31. The summed E-state index contributed by atoms with van der Waals surface area (Å²) >= 11 is 3.31. The molecule has 9 heteroatoms. The van der Waals surface area contributed by atoms with E-state index in [0.29, 0.717) is 12.4 Å². The highest BCUT2D eigenvalue weighted by Gasteiger charge is 2.25. The van der Waals surface area contributed by atoms with Crippen molar-refractivity contribution in [3.63, 3.8) is 0 Å². The molecule has 0 fully saturated rings. The zero-order chi connectivity index (χ0) is 16.8. The summed E-state index contributed by atoms with van der Waals surface area (Å²) in [5.41, 5.74) is -0.321. The van der Waals surface area contributed by atoms with Gasteiger partial charge in [0.1, 0.15) is 12.1 Å². The van der Waals surface area contributed by atoms with Crippen molar-refractivity contribution in [3.05, 3.63) is 45.2 Å². The van der Waals surface area contributed by atoms with Crippen LogP contribution in [0.4, 0.5) is 11.5 Å². The third-order valence-electron chi connectivity index (χ3n) is 2.80. The molecule has 0 radical (unpaired) electrons.